The molecule has 2 saturated carbocycles. The molecule has 2 aromatic heterocycles. The molecular weight excluding hydrogens is 543 g/mol. The highest BCUT2D eigenvalue weighted by Gasteiger charge is 2.47. The van der Waals surface area contributed by atoms with Crippen molar-refractivity contribution in [3.8, 4) is 0 Å². The summed E-state index contributed by atoms with van der Waals surface area (Å²) in [5.41, 5.74) is 0.785. The van der Waals surface area contributed by atoms with Gasteiger partial charge in [-0.05, 0) is 67.3 Å². The zero-order chi connectivity index (χ0) is 28.7. The summed E-state index contributed by atoms with van der Waals surface area (Å²) < 4.78 is 71.4. The van der Waals surface area contributed by atoms with E-state index < -0.39 is 73.0 Å². The number of nitrogens with zero attached hydrogens (tertiary/aromatic N) is 3. The molecule has 3 fully saturated rings. The van der Waals surface area contributed by atoms with E-state index in [1.54, 1.807) is 0 Å². The lowest BCUT2D eigenvalue weighted by Gasteiger charge is -2.33. The quantitative estimate of drug-likeness (QED) is 0.413. The second-order valence-corrected chi connectivity index (χ2v) is 10.7. The molecule has 40 heavy (non-hydrogen) atoms. The molecule has 0 radical (unpaired) electrons. The summed E-state index contributed by atoms with van der Waals surface area (Å²) in [6.07, 6.45) is -2.90. The van der Waals surface area contributed by atoms with Gasteiger partial charge >= 0.3 is 6.18 Å². The maximum Gasteiger partial charge on any atom is 0.408 e. The van der Waals surface area contributed by atoms with E-state index in [4.69, 9.17) is 4.63 Å². The van der Waals surface area contributed by atoms with Crippen molar-refractivity contribution >= 4 is 23.5 Å². The van der Waals surface area contributed by atoms with Crippen LogP contribution >= 0.6 is 0 Å². The molecule has 0 spiro atoms. The van der Waals surface area contributed by atoms with Gasteiger partial charge in [-0.1, -0.05) is 5.16 Å². The number of halogens is 5. The summed E-state index contributed by atoms with van der Waals surface area (Å²) in [5.74, 6) is -6.42. The van der Waals surface area contributed by atoms with Crippen LogP contribution in [0.25, 0.3) is 0 Å². The number of rotatable bonds is 8. The Labute approximate surface area is 224 Å². The van der Waals surface area contributed by atoms with E-state index >= 15 is 0 Å². The number of nitrogens with one attached hydrogen (secondary N) is 3. The van der Waals surface area contributed by atoms with Crippen LogP contribution < -0.4 is 16.0 Å². The molecule has 216 valence electrons. The van der Waals surface area contributed by atoms with E-state index in [-0.39, 0.29) is 36.7 Å². The van der Waals surface area contributed by atoms with Gasteiger partial charge in [0.05, 0.1) is 0 Å². The fraction of sp³-hybridized carbons (Fsp3) is 0.600. The highest BCUT2D eigenvalue weighted by molar-refractivity contribution is 6.00. The van der Waals surface area contributed by atoms with E-state index in [9.17, 15) is 36.3 Å². The Hall–Kier alpha value is -3.65. The van der Waals surface area contributed by atoms with Gasteiger partial charge in [0.2, 0.25) is 17.7 Å². The predicted octanol–water partition coefficient (Wildman–Crippen LogP) is 3.51. The molecule has 1 saturated heterocycles. The van der Waals surface area contributed by atoms with Crippen LogP contribution in [0.3, 0.4) is 0 Å². The summed E-state index contributed by atoms with van der Waals surface area (Å²) in [4.78, 5) is 42.5. The average Bonchev–Trinajstić information content (AvgIpc) is 3.48. The van der Waals surface area contributed by atoms with Crippen LogP contribution in [0.4, 0.5) is 27.8 Å². The summed E-state index contributed by atoms with van der Waals surface area (Å²) in [6.45, 7) is 0. The number of aromatic nitrogens is 3. The number of amides is 3. The van der Waals surface area contributed by atoms with Crippen molar-refractivity contribution in [1.29, 1.82) is 0 Å². The van der Waals surface area contributed by atoms with Gasteiger partial charge in [-0.2, -0.15) is 13.2 Å². The van der Waals surface area contributed by atoms with Gasteiger partial charge in [0, 0.05) is 30.9 Å². The van der Waals surface area contributed by atoms with Crippen molar-refractivity contribution < 1.29 is 41.0 Å². The first-order valence-corrected chi connectivity index (χ1v) is 13.0. The van der Waals surface area contributed by atoms with Gasteiger partial charge in [0.1, 0.15) is 23.6 Å². The normalized spacial score (nSPS) is 23.9. The van der Waals surface area contributed by atoms with Gasteiger partial charge in [-0.3, -0.25) is 14.4 Å². The van der Waals surface area contributed by atoms with Crippen molar-refractivity contribution in [3.63, 3.8) is 0 Å². The first kappa shape index (κ1) is 27.9. The van der Waals surface area contributed by atoms with Crippen LogP contribution in [0.15, 0.2) is 23.0 Å². The Balaban J connectivity index is 1.29. The smallest absolute Gasteiger partial charge is 0.344 e. The number of carbonyl (C=O) groups excluding carboxylic acids is 3. The second kappa shape index (κ2) is 10.7. The molecule has 3 aliphatic rings. The van der Waals surface area contributed by atoms with Crippen molar-refractivity contribution in [3.05, 3.63) is 35.3 Å². The molecule has 1 aliphatic heterocycles. The number of anilines is 1. The van der Waals surface area contributed by atoms with Crippen molar-refractivity contribution in [1.82, 2.24) is 25.9 Å². The largest absolute Gasteiger partial charge is 0.408 e. The van der Waals surface area contributed by atoms with E-state index in [0.29, 0.717) is 11.3 Å². The Kier molecular flexibility index (Phi) is 7.48. The minimum absolute atomic E-state index is 0.00915. The molecule has 15 heteroatoms. The van der Waals surface area contributed by atoms with Crippen molar-refractivity contribution in [2.45, 2.75) is 81.5 Å². The molecule has 0 aromatic carbocycles. The van der Waals surface area contributed by atoms with Crippen LogP contribution in [-0.2, 0) is 16.0 Å². The summed E-state index contributed by atoms with van der Waals surface area (Å²) >= 11 is 0. The first-order chi connectivity index (χ1) is 18.9. The molecule has 3 amide bonds. The van der Waals surface area contributed by atoms with Crippen LogP contribution in [0.2, 0.25) is 0 Å². The molecule has 2 aromatic rings. The third-order valence-electron chi connectivity index (χ3n) is 7.66. The van der Waals surface area contributed by atoms with Crippen molar-refractivity contribution in [2.24, 2.45) is 11.8 Å². The Bertz CT molecular complexity index is 1270. The zero-order valence-electron chi connectivity index (χ0n) is 21.1. The number of alkyl halides is 5. The second-order valence-electron chi connectivity index (χ2n) is 10.7. The fourth-order valence-corrected chi connectivity index (χ4v) is 5.27. The van der Waals surface area contributed by atoms with Gasteiger partial charge in [0.15, 0.2) is 5.69 Å². The SMILES string of the molecule is O=C(N[C@H](C(=O)Nc1cc(C[C@H]2C[C@@H](C(F)(F)F)NC2=O)ccn1)C1CCC(F)(F)CC1)c1nonc1C1CC1. The van der Waals surface area contributed by atoms with Crippen LogP contribution in [-0.4, -0.2) is 57.2 Å². The van der Waals surface area contributed by atoms with Crippen LogP contribution in [0, 0.1) is 11.8 Å². The molecule has 3 N–H and O–H groups in total. The zero-order valence-corrected chi connectivity index (χ0v) is 21.1. The monoisotopic (exact) mass is 570 g/mol. The van der Waals surface area contributed by atoms with Gasteiger partial charge in [0.25, 0.3) is 5.91 Å². The van der Waals surface area contributed by atoms with Crippen molar-refractivity contribution in [2.75, 3.05) is 5.32 Å². The lowest BCUT2D eigenvalue weighted by molar-refractivity contribution is -0.154. The number of pyridine rings is 1. The van der Waals surface area contributed by atoms with Crippen LogP contribution in [0.5, 0.6) is 0 Å². The lowest BCUT2D eigenvalue weighted by atomic mass is 9.81. The molecular formula is C25H27F5N6O4. The maximum atomic E-state index is 13.8. The lowest BCUT2D eigenvalue weighted by Crippen LogP contribution is -2.50. The third-order valence-corrected chi connectivity index (χ3v) is 7.66. The number of hydrogen-bond donors (Lipinski definition) is 3. The topological polar surface area (TPSA) is 139 Å². The summed E-state index contributed by atoms with van der Waals surface area (Å²) in [5, 5.41) is 14.6. The van der Waals surface area contributed by atoms with E-state index in [1.165, 1.54) is 18.3 Å². The van der Waals surface area contributed by atoms with Gasteiger partial charge in [-0.15, -0.1) is 0 Å². The van der Waals surface area contributed by atoms with E-state index in [2.05, 4.69) is 25.9 Å². The Morgan fingerprint density at radius 3 is 2.52 bits per heavy atom. The molecule has 3 heterocycles. The van der Waals surface area contributed by atoms with Gasteiger partial charge < -0.3 is 16.0 Å². The molecule has 5 rings (SSSR count). The molecule has 2 aliphatic carbocycles. The molecule has 0 bridgehead atoms. The maximum absolute atomic E-state index is 13.8. The van der Waals surface area contributed by atoms with Crippen LogP contribution in [0.1, 0.15) is 72.6 Å². The third kappa shape index (κ3) is 6.39. The Morgan fingerprint density at radius 1 is 1.15 bits per heavy atom. The average molecular weight is 571 g/mol. The first-order valence-electron chi connectivity index (χ1n) is 13.0. The number of carbonyl (C=O) groups is 3. The molecule has 0 unspecified atom stereocenters. The summed E-state index contributed by atoms with van der Waals surface area (Å²) in [7, 11) is 0. The predicted molar refractivity (Wildman–Crippen MR) is 127 cm³/mol. The fourth-order valence-electron chi connectivity index (χ4n) is 5.27. The van der Waals surface area contributed by atoms with Gasteiger partial charge in [-0.25, -0.2) is 18.4 Å². The molecule has 3 atom stereocenters. The highest BCUT2D eigenvalue weighted by Crippen LogP contribution is 2.41. The minimum Gasteiger partial charge on any atom is -0.344 e. The summed E-state index contributed by atoms with van der Waals surface area (Å²) in [6, 6.07) is -0.180. The van der Waals surface area contributed by atoms with E-state index in [0.717, 1.165) is 12.8 Å². The molecule has 10 nitrogen and oxygen atoms in total. The highest BCUT2D eigenvalue weighted by atomic mass is 19.4. The Morgan fingerprint density at radius 2 is 1.88 bits per heavy atom. The number of hydrogen-bond acceptors (Lipinski definition) is 7. The minimum atomic E-state index is -4.55. The van der Waals surface area contributed by atoms with E-state index in [1.807, 2.05) is 5.32 Å². The standard InChI is InChI=1S/C25H27F5N6O4/c26-24(27)6-3-14(4-7-24)19(34-23(39)20-18(13-1-2-13)35-40-36-20)22(38)33-17-10-12(5-8-31-17)9-15-11-16(25(28,29)30)32-21(15)37/h5,8,10,13-16,19H,1-4,6-7,9,11H2,(H,32,37)(H,34,39)(H,31,33,38)/t15-,16-,19-/m0/s1.